The molecule has 1 aromatic heterocycles. The van der Waals surface area contributed by atoms with Crippen LogP contribution in [0.3, 0.4) is 0 Å². The first-order valence-corrected chi connectivity index (χ1v) is 22.6. The Morgan fingerprint density at radius 2 is 1.83 bits per heavy atom. The van der Waals surface area contributed by atoms with Crippen LogP contribution in [0.15, 0.2) is 36.5 Å². The Morgan fingerprint density at radius 1 is 1.05 bits per heavy atom. The molecular weight excluding hydrogens is 765 g/mol. The van der Waals surface area contributed by atoms with Crippen molar-refractivity contribution in [1.82, 2.24) is 24.8 Å². The lowest BCUT2D eigenvalue weighted by Crippen LogP contribution is -2.61. The highest BCUT2D eigenvalue weighted by Crippen LogP contribution is 2.54. The third-order valence-electron chi connectivity index (χ3n) is 13.9. The first-order chi connectivity index (χ1) is 27.7. The van der Waals surface area contributed by atoms with Gasteiger partial charge < -0.3 is 29.7 Å². The van der Waals surface area contributed by atoms with Crippen molar-refractivity contribution in [3.8, 4) is 11.6 Å². The van der Waals surface area contributed by atoms with E-state index >= 15 is 4.79 Å². The van der Waals surface area contributed by atoms with Crippen LogP contribution >= 0.6 is 0 Å². The number of carbonyl (C=O) groups excluding carboxylic acids is 3. The lowest BCUT2D eigenvalue weighted by atomic mass is 9.86. The van der Waals surface area contributed by atoms with Gasteiger partial charge >= 0.3 is 6.09 Å². The molecule has 58 heavy (non-hydrogen) atoms. The van der Waals surface area contributed by atoms with E-state index in [0.29, 0.717) is 68.2 Å². The average molecular weight is 819 g/mol. The molecule has 5 fully saturated rings. The number of pyridine rings is 1. The number of carbonyl (C=O) groups is 4. The van der Waals surface area contributed by atoms with Crippen molar-refractivity contribution >= 4 is 50.3 Å². The maximum atomic E-state index is 15.3. The molecule has 9 rings (SSSR count). The Morgan fingerprint density at radius 3 is 2.57 bits per heavy atom. The number of likely N-dealkylation sites (N-methyl/N-ethyl adjacent to an activating group) is 1. The fourth-order valence-electron chi connectivity index (χ4n) is 10.4. The second-order valence-corrected chi connectivity index (χ2v) is 20.1. The van der Waals surface area contributed by atoms with Gasteiger partial charge in [0.2, 0.25) is 27.7 Å². The summed E-state index contributed by atoms with van der Waals surface area (Å²) < 4.78 is 40.9. The average Bonchev–Trinajstić information content (AvgIpc) is 4.14. The molecule has 0 spiro atoms. The molecule has 0 bridgehead atoms. The summed E-state index contributed by atoms with van der Waals surface area (Å²) in [7, 11) is -1.91. The Balaban J connectivity index is 1.07. The molecule has 3 N–H and O–H groups in total. The molecule has 10 atom stereocenters. The number of carboxylic acid groups (broad SMARTS) is 1. The summed E-state index contributed by atoms with van der Waals surface area (Å²) in [6.07, 6.45) is 9.34. The minimum Gasteiger partial charge on any atom is -0.489 e. The largest absolute Gasteiger partial charge is 0.489 e. The number of benzene rings is 1. The minimum absolute atomic E-state index is 0.0279. The Kier molecular flexibility index (Phi) is 9.79. The summed E-state index contributed by atoms with van der Waals surface area (Å²) in [4.78, 5) is 66.7. The van der Waals surface area contributed by atoms with E-state index in [1.165, 1.54) is 9.80 Å². The predicted octanol–water partition coefficient (Wildman–Crippen LogP) is 4.05. The maximum Gasteiger partial charge on any atom is 0.408 e. The molecule has 4 saturated carbocycles. The third-order valence-corrected chi connectivity index (χ3v) is 15.7. The molecule has 3 aliphatic heterocycles. The smallest absolute Gasteiger partial charge is 0.408 e. The Hall–Kier alpha value is -4.60. The molecule has 4 amide bonds. The number of aromatic nitrogens is 1. The van der Waals surface area contributed by atoms with E-state index in [2.05, 4.69) is 26.8 Å². The molecule has 16 heteroatoms. The van der Waals surface area contributed by atoms with Gasteiger partial charge in [0.05, 0.1) is 24.0 Å². The molecule has 2 unspecified atom stereocenters. The van der Waals surface area contributed by atoms with Crippen molar-refractivity contribution in [2.45, 2.75) is 113 Å². The fourth-order valence-corrected chi connectivity index (χ4v) is 11.7. The van der Waals surface area contributed by atoms with E-state index in [4.69, 9.17) is 9.47 Å². The first kappa shape index (κ1) is 38.9. The molecule has 312 valence electrons. The lowest BCUT2D eigenvalue weighted by Gasteiger charge is -2.40. The molecule has 1 aromatic carbocycles. The predicted molar refractivity (Wildman–Crippen MR) is 214 cm³/mol. The van der Waals surface area contributed by atoms with Gasteiger partial charge in [-0.25, -0.2) is 18.2 Å². The van der Waals surface area contributed by atoms with E-state index in [9.17, 15) is 27.9 Å². The molecular formula is C42H54N6O9S. The van der Waals surface area contributed by atoms with Crippen LogP contribution in [0.1, 0.15) is 78.1 Å². The van der Waals surface area contributed by atoms with Gasteiger partial charge in [0.1, 0.15) is 30.3 Å². The standard InChI is InChI=1S/C42H54N6O9S/c1-23-6-4-5-7-27-21-42(27,40(51)45-58(54,55)30-8-9-30)44-37(49)34-20-29(57-38-32-10-11-33-36(31(32)12-13-43-38)56-15-14-46(33)3)22-47(34)39(50)35(24(2)16-23)48(41(52)53)28-18-25-17-26(25)19-28/h5,7,10-13,23-30,34-35H,4,6,8-9,14-22H2,1-3H3,(H,44,49)(H,45,51)(H,52,53)/b7-5-/t23-,24+,25-,26?,27+,28?,29+,34-,35-,42+/m0/s1. The molecule has 2 aromatic rings. The molecule has 4 aliphatic carbocycles. The second-order valence-electron chi connectivity index (χ2n) is 18.2. The first-order valence-electron chi connectivity index (χ1n) is 21.0. The molecule has 0 radical (unpaired) electrons. The number of allylic oxidation sites excluding steroid dienone is 1. The third kappa shape index (κ3) is 7.12. The van der Waals surface area contributed by atoms with Crippen LogP contribution in [-0.4, -0.2) is 114 Å². The number of anilines is 1. The van der Waals surface area contributed by atoms with E-state index < -0.39 is 68.7 Å². The van der Waals surface area contributed by atoms with Crippen molar-refractivity contribution in [3.63, 3.8) is 0 Å². The lowest BCUT2D eigenvalue weighted by molar-refractivity contribution is -0.145. The number of hydrogen-bond donors (Lipinski definition) is 3. The summed E-state index contributed by atoms with van der Waals surface area (Å²) in [6.45, 7) is 5.28. The van der Waals surface area contributed by atoms with Crippen LogP contribution in [-0.2, 0) is 24.4 Å². The summed E-state index contributed by atoms with van der Waals surface area (Å²) in [5, 5.41) is 14.6. The highest BCUT2D eigenvalue weighted by molar-refractivity contribution is 7.91. The fraction of sp³-hybridized carbons (Fsp3) is 0.643. The SMILES string of the molecule is C[C@H]1CC/C=C\[C@@H]2C[C@@]2(C(=O)NS(=O)(=O)C2CC2)NC(=O)[C@@H]2C[C@@H](Oc3nccc4c5c(ccc34)N(C)CCO5)CN2C(=O)[C@@H](N(C(=O)O)C2CC3C[C@H]3C2)[C@H](C)C1. The van der Waals surface area contributed by atoms with E-state index in [0.717, 1.165) is 36.2 Å². The van der Waals surface area contributed by atoms with Gasteiger partial charge in [-0.3, -0.25) is 24.0 Å². The normalized spacial score (nSPS) is 35.2. The number of ether oxygens (including phenoxy) is 2. The molecule has 1 saturated heterocycles. The van der Waals surface area contributed by atoms with Gasteiger partial charge in [-0.1, -0.05) is 26.0 Å². The van der Waals surface area contributed by atoms with Crippen LogP contribution in [0, 0.1) is 29.6 Å². The number of sulfonamides is 1. The number of fused-ring (bicyclic) bond motifs is 6. The number of amides is 4. The highest BCUT2D eigenvalue weighted by atomic mass is 32.2. The topological polar surface area (TPSA) is 188 Å². The van der Waals surface area contributed by atoms with E-state index in [1.54, 1.807) is 6.20 Å². The van der Waals surface area contributed by atoms with Crippen LogP contribution < -0.4 is 24.4 Å². The van der Waals surface area contributed by atoms with Gasteiger partial charge in [0.25, 0.3) is 5.91 Å². The van der Waals surface area contributed by atoms with E-state index in [-0.39, 0.29) is 37.3 Å². The number of nitrogens with one attached hydrogen (secondary N) is 2. The van der Waals surface area contributed by atoms with Crippen LogP contribution in [0.5, 0.6) is 11.6 Å². The maximum absolute atomic E-state index is 15.3. The van der Waals surface area contributed by atoms with Gasteiger partial charge in [0.15, 0.2) is 5.75 Å². The highest BCUT2D eigenvalue weighted by Gasteiger charge is 2.62. The quantitative estimate of drug-likeness (QED) is 0.342. The van der Waals surface area contributed by atoms with Gasteiger partial charge in [0, 0.05) is 42.4 Å². The van der Waals surface area contributed by atoms with Crippen LogP contribution in [0.2, 0.25) is 0 Å². The summed E-state index contributed by atoms with van der Waals surface area (Å²) >= 11 is 0. The monoisotopic (exact) mass is 818 g/mol. The summed E-state index contributed by atoms with van der Waals surface area (Å²) in [5.74, 6) is -0.589. The Labute approximate surface area is 338 Å². The zero-order valence-electron chi connectivity index (χ0n) is 33.3. The summed E-state index contributed by atoms with van der Waals surface area (Å²) in [5.41, 5.74) is -0.582. The Bertz CT molecular complexity index is 2150. The molecule has 4 heterocycles. The van der Waals surface area contributed by atoms with Gasteiger partial charge in [-0.15, -0.1) is 0 Å². The second kappa shape index (κ2) is 14.6. The summed E-state index contributed by atoms with van der Waals surface area (Å²) in [6, 6.07) is 3.24. The van der Waals surface area contributed by atoms with Crippen molar-refractivity contribution in [2.75, 3.05) is 31.6 Å². The van der Waals surface area contributed by atoms with Crippen molar-refractivity contribution in [1.29, 1.82) is 0 Å². The van der Waals surface area contributed by atoms with Crippen molar-refractivity contribution in [2.24, 2.45) is 29.6 Å². The zero-order chi connectivity index (χ0) is 40.7. The van der Waals surface area contributed by atoms with Crippen molar-refractivity contribution < 1.29 is 42.2 Å². The number of hydrogen-bond acceptors (Lipinski definition) is 10. The molecule has 15 nitrogen and oxygen atoms in total. The molecule has 7 aliphatic rings. The van der Waals surface area contributed by atoms with Crippen LogP contribution in [0.25, 0.3) is 10.8 Å². The van der Waals surface area contributed by atoms with Crippen molar-refractivity contribution in [3.05, 3.63) is 36.5 Å². The van der Waals surface area contributed by atoms with Crippen LogP contribution in [0.4, 0.5) is 10.5 Å². The zero-order valence-corrected chi connectivity index (χ0v) is 34.2. The van der Waals surface area contributed by atoms with Gasteiger partial charge in [-0.2, -0.15) is 0 Å². The number of nitrogens with zero attached hydrogens (tertiary/aromatic N) is 4. The van der Waals surface area contributed by atoms with Gasteiger partial charge in [-0.05, 0) is 99.7 Å². The van der Waals surface area contributed by atoms with E-state index in [1.807, 2.05) is 44.3 Å². The number of rotatable bonds is 7. The minimum atomic E-state index is -3.91.